The van der Waals surface area contributed by atoms with Crippen LogP contribution in [0.1, 0.15) is 47.0 Å². The van der Waals surface area contributed by atoms with Crippen molar-refractivity contribution >= 4 is 0 Å². The van der Waals surface area contributed by atoms with Crippen molar-refractivity contribution in [2.24, 2.45) is 11.3 Å². The van der Waals surface area contributed by atoms with E-state index in [1.54, 1.807) is 6.92 Å². The van der Waals surface area contributed by atoms with Gasteiger partial charge in [-0.3, -0.25) is 4.90 Å². The van der Waals surface area contributed by atoms with E-state index in [-0.39, 0.29) is 11.5 Å². The van der Waals surface area contributed by atoms with Crippen LogP contribution in [0.15, 0.2) is 0 Å². The Morgan fingerprint density at radius 3 is 2.16 bits per heavy atom. The number of aliphatic hydroxyl groups excluding tert-OH is 1. The Balaban J connectivity index is 2.77. The zero-order chi connectivity index (χ0) is 14.8. The van der Waals surface area contributed by atoms with Crippen molar-refractivity contribution < 1.29 is 18.3 Å². The normalized spacial score (nSPS) is 29.8. The lowest BCUT2D eigenvalue weighted by atomic mass is 9.70. The average Bonchev–Trinajstić information content (AvgIpc) is 2.24. The first-order valence-corrected chi connectivity index (χ1v) is 7.03. The second kappa shape index (κ2) is 6.00. The molecule has 0 bridgehead atoms. The van der Waals surface area contributed by atoms with Crippen LogP contribution >= 0.6 is 0 Å². The number of alkyl halides is 3. The summed E-state index contributed by atoms with van der Waals surface area (Å²) in [6, 6.07) is -0.371. The molecule has 3 unspecified atom stereocenters. The van der Waals surface area contributed by atoms with E-state index in [1.807, 2.05) is 0 Å². The summed E-state index contributed by atoms with van der Waals surface area (Å²) in [5.74, 6) is 0.364. The highest BCUT2D eigenvalue weighted by molar-refractivity contribution is 4.91. The molecule has 114 valence electrons. The Hall–Kier alpha value is -0.290. The van der Waals surface area contributed by atoms with E-state index in [1.165, 1.54) is 4.90 Å². The maximum Gasteiger partial charge on any atom is 0.401 e. The van der Waals surface area contributed by atoms with Gasteiger partial charge in [0.1, 0.15) is 0 Å². The quantitative estimate of drug-likeness (QED) is 0.856. The van der Waals surface area contributed by atoms with Gasteiger partial charge < -0.3 is 5.11 Å². The zero-order valence-corrected chi connectivity index (χ0v) is 12.3. The van der Waals surface area contributed by atoms with E-state index in [2.05, 4.69) is 20.8 Å². The summed E-state index contributed by atoms with van der Waals surface area (Å²) < 4.78 is 37.7. The zero-order valence-electron chi connectivity index (χ0n) is 12.3. The molecule has 0 radical (unpaired) electrons. The van der Waals surface area contributed by atoms with Crippen molar-refractivity contribution in [1.82, 2.24) is 4.90 Å². The predicted molar refractivity (Wildman–Crippen MR) is 69.9 cm³/mol. The Labute approximate surface area is 114 Å². The molecule has 0 aromatic rings. The SMILES string of the molecule is CCN(CC(F)(F)F)C1CC(C(C)(C)C)CCC1O. The largest absolute Gasteiger partial charge is 0.401 e. The molecule has 2 nitrogen and oxygen atoms in total. The van der Waals surface area contributed by atoms with E-state index < -0.39 is 18.8 Å². The molecule has 3 atom stereocenters. The summed E-state index contributed by atoms with van der Waals surface area (Å²) in [4.78, 5) is 1.38. The molecule has 19 heavy (non-hydrogen) atoms. The Kier molecular flexibility index (Phi) is 5.29. The summed E-state index contributed by atoms with van der Waals surface area (Å²) in [5.41, 5.74) is 0.0794. The third-order valence-corrected chi connectivity index (χ3v) is 4.26. The van der Waals surface area contributed by atoms with Crippen LogP contribution in [0.25, 0.3) is 0 Å². The van der Waals surface area contributed by atoms with Crippen LogP contribution < -0.4 is 0 Å². The fraction of sp³-hybridized carbons (Fsp3) is 1.00. The number of rotatable bonds is 3. The van der Waals surface area contributed by atoms with Gasteiger partial charge in [0.15, 0.2) is 0 Å². The number of hydrogen-bond donors (Lipinski definition) is 1. The van der Waals surface area contributed by atoms with Gasteiger partial charge in [0.2, 0.25) is 0 Å². The van der Waals surface area contributed by atoms with Crippen LogP contribution in [0.3, 0.4) is 0 Å². The van der Waals surface area contributed by atoms with Gasteiger partial charge >= 0.3 is 6.18 Å². The lowest BCUT2D eigenvalue weighted by Crippen LogP contribution is -2.51. The number of nitrogens with zero attached hydrogens (tertiary/aromatic N) is 1. The van der Waals surface area contributed by atoms with E-state index >= 15 is 0 Å². The van der Waals surface area contributed by atoms with Crippen LogP contribution in [-0.2, 0) is 0 Å². The molecule has 0 amide bonds. The summed E-state index contributed by atoms with van der Waals surface area (Å²) in [5, 5.41) is 10.0. The fourth-order valence-electron chi connectivity index (χ4n) is 3.00. The van der Waals surface area contributed by atoms with E-state index in [9.17, 15) is 18.3 Å². The minimum absolute atomic E-state index is 0.0794. The van der Waals surface area contributed by atoms with Gasteiger partial charge in [-0.05, 0) is 37.1 Å². The first-order valence-electron chi connectivity index (χ1n) is 7.03. The first kappa shape index (κ1) is 16.8. The topological polar surface area (TPSA) is 23.5 Å². The van der Waals surface area contributed by atoms with Gasteiger partial charge in [-0.15, -0.1) is 0 Å². The summed E-state index contributed by atoms with van der Waals surface area (Å²) in [7, 11) is 0. The molecule has 0 heterocycles. The highest BCUT2D eigenvalue weighted by atomic mass is 19.4. The molecular weight excluding hydrogens is 255 g/mol. The monoisotopic (exact) mass is 281 g/mol. The van der Waals surface area contributed by atoms with Crippen molar-refractivity contribution in [3.05, 3.63) is 0 Å². The second-order valence-electron chi connectivity index (χ2n) is 6.69. The molecule has 1 aliphatic carbocycles. The van der Waals surface area contributed by atoms with Crippen LogP contribution in [-0.4, -0.2) is 41.4 Å². The second-order valence-corrected chi connectivity index (χ2v) is 6.69. The Morgan fingerprint density at radius 1 is 1.16 bits per heavy atom. The first-order chi connectivity index (χ1) is 8.54. The highest BCUT2D eigenvalue weighted by Gasteiger charge is 2.40. The number of hydrogen-bond acceptors (Lipinski definition) is 2. The lowest BCUT2D eigenvalue weighted by molar-refractivity contribution is -0.159. The van der Waals surface area contributed by atoms with Crippen molar-refractivity contribution in [1.29, 1.82) is 0 Å². The highest BCUT2D eigenvalue weighted by Crippen LogP contribution is 2.39. The molecule has 5 heteroatoms. The van der Waals surface area contributed by atoms with Gasteiger partial charge in [-0.25, -0.2) is 0 Å². The number of halogens is 3. The maximum absolute atomic E-state index is 12.6. The van der Waals surface area contributed by atoms with E-state index in [0.29, 0.717) is 25.3 Å². The van der Waals surface area contributed by atoms with Crippen molar-refractivity contribution in [2.75, 3.05) is 13.1 Å². The predicted octanol–water partition coefficient (Wildman–Crippen LogP) is 3.45. The van der Waals surface area contributed by atoms with Crippen LogP contribution in [0, 0.1) is 11.3 Å². The molecule has 0 spiro atoms. The van der Waals surface area contributed by atoms with Crippen LogP contribution in [0.2, 0.25) is 0 Å². The molecule has 1 saturated carbocycles. The van der Waals surface area contributed by atoms with Gasteiger partial charge in [-0.1, -0.05) is 27.7 Å². The average molecular weight is 281 g/mol. The Bertz CT molecular complexity index is 285. The van der Waals surface area contributed by atoms with E-state index in [0.717, 1.165) is 6.42 Å². The number of aliphatic hydroxyl groups is 1. The molecule has 0 aliphatic heterocycles. The molecule has 1 fully saturated rings. The minimum atomic E-state index is -4.20. The molecule has 1 N–H and O–H groups in total. The standard InChI is InChI=1S/C14H26F3NO/c1-5-18(9-14(15,16)17)11-8-10(13(2,3)4)6-7-12(11)19/h10-12,19H,5-9H2,1-4H3. The van der Waals surface area contributed by atoms with Gasteiger partial charge in [0.05, 0.1) is 12.6 Å². The third-order valence-electron chi connectivity index (χ3n) is 4.26. The summed E-state index contributed by atoms with van der Waals surface area (Å²) in [6.45, 7) is 7.46. The fourth-order valence-corrected chi connectivity index (χ4v) is 3.00. The Morgan fingerprint density at radius 2 is 1.74 bits per heavy atom. The van der Waals surface area contributed by atoms with E-state index in [4.69, 9.17) is 0 Å². The van der Waals surface area contributed by atoms with Crippen LogP contribution in [0.4, 0.5) is 13.2 Å². The molecule has 1 aliphatic rings. The van der Waals surface area contributed by atoms with Crippen LogP contribution in [0.5, 0.6) is 0 Å². The third kappa shape index (κ3) is 4.95. The van der Waals surface area contributed by atoms with Gasteiger partial charge in [0.25, 0.3) is 0 Å². The smallest absolute Gasteiger partial charge is 0.391 e. The summed E-state index contributed by atoms with van der Waals surface area (Å²) >= 11 is 0. The number of likely N-dealkylation sites (N-methyl/N-ethyl adjacent to an activating group) is 1. The molecule has 0 aromatic heterocycles. The van der Waals surface area contributed by atoms with Crippen molar-refractivity contribution in [3.63, 3.8) is 0 Å². The molecule has 0 aromatic carbocycles. The van der Waals surface area contributed by atoms with Crippen molar-refractivity contribution in [3.8, 4) is 0 Å². The van der Waals surface area contributed by atoms with Gasteiger partial charge in [-0.2, -0.15) is 13.2 Å². The maximum atomic E-state index is 12.6. The van der Waals surface area contributed by atoms with Gasteiger partial charge in [0, 0.05) is 6.04 Å². The molecule has 1 rings (SSSR count). The minimum Gasteiger partial charge on any atom is -0.391 e. The molecular formula is C14H26F3NO. The lowest BCUT2D eigenvalue weighted by Gasteiger charge is -2.44. The summed E-state index contributed by atoms with van der Waals surface area (Å²) in [6.07, 6.45) is -2.70. The van der Waals surface area contributed by atoms with Crippen molar-refractivity contribution in [2.45, 2.75) is 65.3 Å². The molecule has 0 saturated heterocycles.